The van der Waals surface area contributed by atoms with Crippen molar-refractivity contribution in [3.8, 4) is 0 Å². The van der Waals surface area contributed by atoms with Gasteiger partial charge in [-0.1, -0.05) is 111 Å². The van der Waals surface area contributed by atoms with Gasteiger partial charge in [0, 0.05) is 11.3 Å². The molecule has 3 aliphatic rings. The molecule has 5 rings (SSSR count). The zero-order valence-electron chi connectivity index (χ0n) is 29.4. The Morgan fingerprint density at radius 3 is 1.90 bits per heavy atom. The van der Waals surface area contributed by atoms with Crippen LogP contribution in [0.4, 0.5) is 0 Å². The number of benzene rings is 2. The average Bonchev–Trinajstić information content (AvgIpc) is 3.90. The highest BCUT2D eigenvalue weighted by Crippen LogP contribution is 2.41. The quantitative estimate of drug-likeness (QED) is 0.0884. The number of epoxide rings is 1. The second kappa shape index (κ2) is 17.6. The van der Waals surface area contributed by atoms with Crippen LogP contribution in [0.25, 0.3) is 10.4 Å². The van der Waals surface area contributed by atoms with Crippen LogP contribution in [0.2, 0.25) is 0 Å². The van der Waals surface area contributed by atoms with Crippen molar-refractivity contribution in [2.45, 2.75) is 121 Å². The maximum atomic E-state index is 14.2. The Balaban J connectivity index is 1.32. The molecule has 5 atom stereocenters. The molecule has 50 heavy (non-hydrogen) atoms. The van der Waals surface area contributed by atoms with E-state index in [4.69, 9.17) is 4.74 Å². The number of carbonyl (C=O) groups excluding carboxylic acids is 4. The molecule has 3 N–H and O–H groups in total. The number of nitrogens with one attached hydrogen (secondary N) is 3. The summed E-state index contributed by atoms with van der Waals surface area (Å²) in [6.45, 7) is 3.61. The van der Waals surface area contributed by atoms with Crippen molar-refractivity contribution >= 4 is 23.5 Å². The van der Waals surface area contributed by atoms with Gasteiger partial charge in [-0.05, 0) is 73.9 Å². The van der Waals surface area contributed by atoms with E-state index in [0.29, 0.717) is 18.9 Å². The van der Waals surface area contributed by atoms with Crippen LogP contribution in [0.15, 0.2) is 65.8 Å². The second-order valence-corrected chi connectivity index (χ2v) is 14.8. The van der Waals surface area contributed by atoms with E-state index in [1.165, 1.54) is 32.1 Å². The van der Waals surface area contributed by atoms with E-state index in [0.717, 1.165) is 42.7 Å². The summed E-state index contributed by atoms with van der Waals surface area (Å²) >= 11 is 0. The van der Waals surface area contributed by atoms with Crippen LogP contribution in [0.1, 0.15) is 89.2 Å². The molecule has 1 heterocycles. The molecular weight excluding hydrogens is 632 g/mol. The third-order valence-electron chi connectivity index (χ3n) is 10.9. The van der Waals surface area contributed by atoms with Gasteiger partial charge in [0.25, 0.3) is 0 Å². The third-order valence-corrected chi connectivity index (χ3v) is 10.9. The molecule has 0 bridgehead atoms. The lowest BCUT2D eigenvalue weighted by atomic mass is 9.70. The zero-order chi connectivity index (χ0) is 35.5. The molecule has 1 aliphatic heterocycles. The Kier molecular flexibility index (Phi) is 13.1. The van der Waals surface area contributed by atoms with E-state index < -0.39 is 47.5 Å². The van der Waals surface area contributed by atoms with Crippen molar-refractivity contribution in [1.29, 1.82) is 0 Å². The van der Waals surface area contributed by atoms with Crippen molar-refractivity contribution in [3.05, 3.63) is 82.2 Å². The van der Waals surface area contributed by atoms with E-state index in [1.54, 1.807) is 13.8 Å². The van der Waals surface area contributed by atoms with E-state index in [1.807, 2.05) is 60.7 Å². The number of nitrogens with zero attached hydrogens (tertiary/aromatic N) is 3. The Morgan fingerprint density at radius 1 is 0.780 bits per heavy atom. The van der Waals surface area contributed by atoms with E-state index in [9.17, 15) is 24.7 Å². The van der Waals surface area contributed by atoms with Crippen LogP contribution in [0, 0.1) is 17.8 Å². The number of Topliss-reactive ketones (excluding diaryl/α,β-unsaturated/α-hetero) is 1. The van der Waals surface area contributed by atoms with Crippen LogP contribution >= 0.6 is 0 Å². The largest absolute Gasteiger partial charge is 0.361 e. The van der Waals surface area contributed by atoms with Crippen LogP contribution in [0.5, 0.6) is 0 Å². The van der Waals surface area contributed by atoms with E-state index in [2.05, 4.69) is 26.0 Å². The first-order valence-corrected chi connectivity index (χ1v) is 18.4. The molecule has 2 aromatic rings. The summed E-state index contributed by atoms with van der Waals surface area (Å²) in [5.74, 6) is -0.0413. The third kappa shape index (κ3) is 10.4. The van der Waals surface area contributed by atoms with Crippen molar-refractivity contribution in [2.75, 3.05) is 6.61 Å². The molecular formula is C39H52N6O5. The molecule has 3 fully saturated rings. The van der Waals surface area contributed by atoms with Gasteiger partial charge in [-0.15, -0.1) is 0 Å². The summed E-state index contributed by atoms with van der Waals surface area (Å²) in [5, 5.41) is 12.4. The normalized spacial score (nSPS) is 24.4. The van der Waals surface area contributed by atoms with Crippen molar-refractivity contribution < 1.29 is 23.9 Å². The van der Waals surface area contributed by atoms with E-state index in [-0.39, 0.29) is 24.5 Å². The summed E-state index contributed by atoms with van der Waals surface area (Å²) < 4.78 is 5.30. The predicted molar refractivity (Wildman–Crippen MR) is 191 cm³/mol. The number of azide groups is 1. The fourth-order valence-corrected chi connectivity index (χ4v) is 7.84. The number of hydrogen-bond donors (Lipinski definition) is 3. The molecule has 2 aliphatic carbocycles. The first kappa shape index (κ1) is 37.1. The lowest BCUT2D eigenvalue weighted by Crippen LogP contribution is -2.57. The standard InChI is InChI=1S/C39H52N6O5/c1-26(35(46)39(2)25-50-39)41-36(47)32(22-27-12-6-3-7-13-27)42-37(48)33(23-29-18-20-31(21-19-29)30-16-10-5-11-17-30)43-38(49)34(44-45-40)24-28-14-8-4-9-15-28/h3-4,6-9,12-15,26,29-34H,5,10-11,16-25H2,1-2H3,(H,41,47)(H,42,48)(H,43,49)/t26-,29?,31?,32-,33-,34?,39+/m0/s1. The molecule has 268 valence electrons. The van der Waals surface area contributed by atoms with Crippen LogP contribution in [-0.2, 0) is 36.8 Å². The summed E-state index contributed by atoms with van der Waals surface area (Å²) in [5.41, 5.74) is 10.1. The van der Waals surface area contributed by atoms with Gasteiger partial charge in [0.1, 0.15) is 23.7 Å². The summed E-state index contributed by atoms with van der Waals surface area (Å²) in [6.07, 6.45) is 11.5. The summed E-state index contributed by atoms with van der Waals surface area (Å²) in [4.78, 5) is 57.4. The topological polar surface area (TPSA) is 166 Å². The number of rotatable bonds is 16. The van der Waals surface area contributed by atoms with Gasteiger partial charge >= 0.3 is 0 Å². The first-order chi connectivity index (χ1) is 24.1. The number of ketones is 1. The average molecular weight is 685 g/mol. The molecule has 2 aromatic carbocycles. The molecule has 0 aromatic heterocycles. The molecule has 3 amide bonds. The Labute approximate surface area is 295 Å². The van der Waals surface area contributed by atoms with Gasteiger partial charge in [0.15, 0.2) is 5.78 Å². The van der Waals surface area contributed by atoms with Gasteiger partial charge in [-0.2, -0.15) is 0 Å². The minimum atomic E-state index is -1.05. The Bertz CT molecular complexity index is 1500. The van der Waals surface area contributed by atoms with Crippen molar-refractivity contribution in [2.24, 2.45) is 22.9 Å². The van der Waals surface area contributed by atoms with Crippen molar-refractivity contribution in [1.82, 2.24) is 16.0 Å². The molecule has 0 spiro atoms. The maximum Gasteiger partial charge on any atom is 0.243 e. The predicted octanol–water partition coefficient (Wildman–Crippen LogP) is 5.76. The summed E-state index contributed by atoms with van der Waals surface area (Å²) in [6, 6.07) is 14.8. The number of amides is 3. The first-order valence-electron chi connectivity index (χ1n) is 18.4. The highest BCUT2D eigenvalue weighted by Gasteiger charge is 2.49. The second-order valence-electron chi connectivity index (χ2n) is 14.8. The molecule has 11 heteroatoms. The SMILES string of the molecule is C[C@H](NC(=O)[C@H](Cc1ccccc1)NC(=O)[C@H](CC1CCC(C2CCCCC2)CC1)NC(=O)C(Cc1ccccc1)N=[N+]=[N-])C(=O)[C@@]1(C)CO1. The highest BCUT2D eigenvalue weighted by atomic mass is 16.6. The molecule has 1 unspecified atom stereocenters. The minimum absolute atomic E-state index is 0.186. The van der Waals surface area contributed by atoms with Gasteiger partial charge in [-0.25, -0.2) is 0 Å². The smallest absolute Gasteiger partial charge is 0.243 e. The van der Waals surface area contributed by atoms with Gasteiger partial charge in [-0.3, -0.25) is 19.2 Å². The number of hydrogen-bond acceptors (Lipinski definition) is 6. The Hall–Kier alpha value is -4.21. The van der Waals surface area contributed by atoms with E-state index >= 15 is 0 Å². The monoisotopic (exact) mass is 684 g/mol. The molecule has 0 radical (unpaired) electrons. The summed E-state index contributed by atoms with van der Waals surface area (Å²) in [7, 11) is 0. The number of carbonyl (C=O) groups is 4. The van der Waals surface area contributed by atoms with Crippen LogP contribution < -0.4 is 16.0 Å². The maximum absolute atomic E-state index is 14.2. The Morgan fingerprint density at radius 2 is 1.32 bits per heavy atom. The van der Waals surface area contributed by atoms with Crippen LogP contribution in [-0.4, -0.2) is 59.9 Å². The highest BCUT2D eigenvalue weighted by molar-refractivity contribution is 5.98. The molecule has 11 nitrogen and oxygen atoms in total. The van der Waals surface area contributed by atoms with Gasteiger partial charge in [0.05, 0.1) is 12.6 Å². The minimum Gasteiger partial charge on any atom is -0.361 e. The zero-order valence-corrected chi connectivity index (χ0v) is 29.4. The van der Waals surface area contributed by atoms with Gasteiger partial charge in [0.2, 0.25) is 17.7 Å². The fourth-order valence-electron chi connectivity index (χ4n) is 7.84. The molecule has 1 saturated heterocycles. The number of ether oxygens (including phenoxy) is 1. The lowest BCUT2D eigenvalue weighted by molar-refractivity contribution is -0.134. The van der Waals surface area contributed by atoms with Gasteiger partial charge < -0.3 is 20.7 Å². The lowest BCUT2D eigenvalue weighted by Gasteiger charge is -2.37. The fraction of sp³-hybridized carbons (Fsp3) is 0.590. The molecule has 2 saturated carbocycles. The van der Waals surface area contributed by atoms with Crippen molar-refractivity contribution in [3.63, 3.8) is 0 Å². The van der Waals surface area contributed by atoms with Crippen LogP contribution in [0.3, 0.4) is 0 Å².